The Balaban J connectivity index is 1.56. The van der Waals surface area contributed by atoms with Gasteiger partial charge in [-0.05, 0) is 55.4 Å². The number of amides is 1. The Bertz CT molecular complexity index is 801. The molecule has 1 aromatic heterocycles. The van der Waals surface area contributed by atoms with Gasteiger partial charge in [-0.1, -0.05) is 12.1 Å². The fourth-order valence-electron chi connectivity index (χ4n) is 2.94. The van der Waals surface area contributed by atoms with Crippen LogP contribution in [0, 0.1) is 5.82 Å². The smallest absolute Gasteiger partial charge is 0.267 e. The first-order valence-electron chi connectivity index (χ1n) is 8.23. The van der Waals surface area contributed by atoms with Gasteiger partial charge in [0, 0.05) is 12.6 Å². The second-order valence-electron chi connectivity index (χ2n) is 6.05. The average molecular weight is 329 g/mol. The summed E-state index contributed by atoms with van der Waals surface area (Å²) >= 11 is 0. The predicted octanol–water partition coefficient (Wildman–Crippen LogP) is 1.62. The Morgan fingerprint density at radius 2 is 2.08 bits per heavy atom. The van der Waals surface area contributed by atoms with Crippen molar-refractivity contribution in [2.24, 2.45) is 0 Å². The van der Waals surface area contributed by atoms with E-state index in [1.807, 2.05) is 6.07 Å². The zero-order valence-corrected chi connectivity index (χ0v) is 13.4. The summed E-state index contributed by atoms with van der Waals surface area (Å²) < 4.78 is 14.3. The Labute approximate surface area is 139 Å². The lowest BCUT2D eigenvalue weighted by atomic mass is 9.97. The molecule has 1 amide bonds. The summed E-state index contributed by atoms with van der Waals surface area (Å²) in [6, 6.07) is 7.88. The molecule has 0 radical (unpaired) electrons. The minimum atomic E-state index is -0.288. The molecule has 0 saturated heterocycles. The van der Waals surface area contributed by atoms with Gasteiger partial charge >= 0.3 is 0 Å². The monoisotopic (exact) mass is 329 g/mol. The second kappa shape index (κ2) is 7.38. The van der Waals surface area contributed by atoms with Gasteiger partial charge in [0.25, 0.3) is 5.56 Å². The van der Waals surface area contributed by atoms with Crippen molar-refractivity contribution in [2.75, 3.05) is 6.54 Å². The number of nitrogens with zero attached hydrogens (tertiary/aromatic N) is 2. The zero-order valence-electron chi connectivity index (χ0n) is 13.4. The van der Waals surface area contributed by atoms with E-state index in [9.17, 15) is 14.0 Å². The molecule has 6 heteroatoms. The van der Waals surface area contributed by atoms with Crippen LogP contribution in [0.15, 0.2) is 35.1 Å². The Kier molecular flexibility index (Phi) is 5.03. The second-order valence-corrected chi connectivity index (χ2v) is 6.05. The van der Waals surface area contributed by atoms with E-state index in [1.165, 1.54) is 16.8 Å². The SMILES string of the molecule is O=C(Cn1nc2c(cc1=O)CCCC2)NCCc1cccc(F)c1. The maximum atomic E-state index is 13.1. The minimum Gasteiger partial charge on any atom is -0.354 e. The molecule has 0 fully saturated rings. The van der Waals surface area contributed by atoms with Crippen LogP contribution in [0.5, 0.6) is 0 Å². The third kappa shape index (κ3) is 4.07. The summed E-state index contributed by atoms with van der Waals surface area (Å²) in [4.78, 5) is 24.0. The molecule has 0 spiro atoms. The molecular weight excluding hydrogens is 309 g/mol. The summed E-state index contributed by atoms with van der Waals surface area (Å²) in [5.41, 5.74) is 2.51. The number of fused-ring (bicyclic) bond motifs is 1. The number of benzene rings is 1. The standard InChI is InChI=1S/C18H20FN3O2/c19-15-6-3-4-13(10-15)8-9-20-17(23)12-22-18(24)11-14-5-1-2-7-16(14)21-22/h3-4,6,10-11H,1-2,5,7-9,12H2,(H,20,23). The van der Waals surface area contributed by atoms with Crippen molar-refractivity contribution in [3.05, 3.63) is 63.3 Å². The number of hydrogen-bond acceptors (Lipinski definition) is 3. The van der Waals surface area contributed by atoms with Gasteiger partial charge in [-0.15, -0.1) is 0 Å². The van der Waals surface area contributed by atoms with Gasteiger partial charge in [-0.25, -0.2) is 9.07 Å². The molecule has 2 aromatic rings. The Hall–Kier alpha value is -2.50. The van der Waals surface area contributed by atoms with Crippen LogP contribution in [0.25, 0.3) is 0 Å². The molecule has 1 N–H and O–H groups in total. The zero-order chi connectivity index (χ0) is 16.9. The summed E-state index contributed by atoms with van der Waals surface area (Å²) in [5, 5.41) is 7.07. The van der Waals surface area contributed by atoms with Gasteiger partial charge in [-0.3, -0.25) is 9.59 Å². The van der Waals surface area contributed by atoms with Crippen LogP contribution in [-0.2, 0) is 30.6 Å². The van der Waals surface area contributed by atoms with Gasteiger partial charge in [0.1, 0.15) is 12.4 Å². The first-order chi connectivity index (χ1) is 11.6. The highest BCUT2D eigenvalue weighted by Crippen LogP contribution is 2.16. The summed E-state index contributed by atoms with van der Waals surface area (Å²) in [5.74, 6) is -0.555. The van der Waals surface area contributed by atoms with Gasteiger partial charge in [0.2, 0.25) is 5.91 Å². The van der Waals surface area contributed by atoms with Crippen LogP contribution in [0.2, 0.25) is 0 Å². The van der Waals surface area contributed by atoms with E-state index in [-0.39, 0.29) is 23.8 Å². The van der Waals surface area contributed by atoms with Crippen LogP contribution < -0.4 is 10.9 Å². The highest BCUT2D eigenvalue weighted by Gasteiger charge is 2.14. The molecule has 0 aliphatic heterocycles. The van der Waals surface area contributed by atoms with Gasteiger partial charge in [-0.2, -0.15) is 5.10 Å². The third-order valence-electron chi connectivity index (χ3n) is 4.19. The molecule has 126 valence electrons. The van der Waals surface area contributed by atoms with Crippen LogP contribution in [-0.4, -0.2) is 22.2 Å². The Morgan fingerprint density at radius 3 is 2.92 bits per heavy atom. The number of hydrogen-bond donors (Lipinski definition) is 1. The number of halogens is 1. The molecule has 1 aliphatic rings. The van der Waals surface area contributed by atoms with E-state index in [0.717, 1.165) is 42.5 Å². The van der Waals surface area contributed by atoms with Crippen molar-refractivity contribution in [3.8, 4) is 0 Å². The first kappa shape index (κ1) is 16.4. The Morgan fingerprint density at radius 1 is 1.25 bits per heavy atom. The molecule has 24 heavy (non-hydrogen) atoms. The van der Waals surface area contributed by atoms with E-state index in [4.69, 9.17) is 0 Å². The van der Waals surface area contributed by atoms with E-state index < -0.39 is 0 Å². The molecule has 1 aliphatic carbocycles. The van der Waals surface area contributed by atoms with Gasteiger partial charge < -0.3 is 5.32 Å². The van der Waals surface area contributed by atoms with Crippen molar-refractivity contribution in [1.29, 1.82) is 0 Å². The molecule has 3 rings (SSSR count). The summed E-state index contributed by atoms with van der Waals surface area (Å²) in [6.07, 6.45) is 4.43. The van der Waals surface area contributed by atoms with E-state index in [2.05, 4.69) is 10.4 Å². The number of nitrogens with one attached hydrogen (secondary N) is 1. The molecule has 1 heterocycles. The fraction of sp³-hybridized carbons (Fsp3) is 0.389. The maximum absolute atomic E-state index is 13.1. The quantitative estimate of drug-likeness (QED) is 0.907. The lowest BCUT2D eigenvalue weighted by molar-refractivity contribution is -0.121. The molecule has 5 nitrogen and oxygen atoms in total. The van der Waals surface area contributed by atoms with Crippen LogP contribution in [0.3, 0.4) is 0 Å². The maximum Gasteiger partial charge on any atom is 0.267 e. The topological polar surface area (TPSA) is 64.0 Å². The minimum absolute atomic E-state index is 0.0880. The molecule has 1 aromatic carbocycles. The highest BCUT2D eigenvalue weighted by molar-refractivity contribution is 5.75. The molecular formula is C18H20FN3O2. The number of aryl methyl sites for hydroxylation is 2. The van der Waals surface area contributed by atoms with E-state index in [1.54, 1.807) is 12.1 Å². The van der Waals surface area contributed by atoms with Gasteiger partial charge in [0.05, 0.1) is 5.69 Å². The molecule has 0 unspecified atom stereocenters. The van der Waals surface area contributed by atoms with E-state index in [0.29, 0.717) is 13.0 Å². The number of rotatable bonds is 5. The van der Waals surface area contributed by atoms with Crippen LogP contribution in [0.1, 0.15) is 29.7 Å². The number of aromatic nitrogens is 2. The highest BCUT2D eigenvalue weighted by atomic mass is 19.1. The van der Waals surface area contributed by atoms with Crippen molar-refractivity contribution >= 4 is 5.91 Å². The first-order valence-corrected chi connectivity index (χ1v) is 8.23. The third-order valence-corrected chi connectivity index (χ3v) is 4.19. The molecule has 0 saturated carbocycles. The lowest BCUT2D eigenvalue weighted by Gasteiger charge is -2.15. The van der Waals surface area contributed by atoms with Crippen molar-refractivity contribution in [1.82, 2.24) is 15.1 Å². The van der Waals surface area contributed by atoms with Crippen LogP contribution >= 0.6 is 0 Å². The largest absolute Gasteiger partial charge is 0.354 e. The van der Waals surface area contributed by atoms with Crippen molar-refractivity contribution in [3.63, 3.8) is 0 Å². The van der Waals surface area contributed by atoms with Crippen molar-refractivity contribution < 1.29 is 9.18 Å². The summed E-state index contributed by atoms with van der Waals surface area (Å²) in [7, 11) is 0. The fourth-order valence-corrected chi connectivity index (χ4v) is 2.94. The predicted molar refractivity (Wildman–Crippen MR) is 88.3 cm³/mol. The molecule has 0 bridgehead atoms. The number of carbonyl (C=O) groups excluding carboxylic acids is 1. The lowest BCUT2D eigenvalue weighted by Crippen LogP contribution is -2.35. The van der Waals surface area contributed by atoms with Crippen molar-refractivity contribution in [2.45, 2.75) is 38.6 Å². The molecule has 0 atom stereocenters. The number of carbonyl (C=O) groups is 1. The average Bonchev–Trinajstić information content (AvgIpc) is 2.55. The van der Waals surface area contributed by atoms with Crippen LogP contribution in [0.4, 0.5) is 4.39 Å². The normalized spacial score (nSPS) is 13.4. The summed E-state index contributed by atoms with van der Waals surface area (Å²) in [6.45, 7) is 0.303. The van der Waals surface area contributed by atoms with E-state index >= 15 is 0 Å². The van der Waals surface area contributed by atoms with Gasteiger partial charge in [0.15, 0.2) is 0 Å².